The van der Waals surface area contributed by atoms with Gasteiger partial charge in [-0.15, -0.1) is 0 Å². The third kappa shape index (κ3) is 3.73. The average molecular weight is 375 g/mol. The zero-order valence-electron chi connectivity index (χ0n) is 13.0. The van der Waals surface area contributed by atoms with Crippen molar-refractivity contribution in [3.05, 3.63) is 54.0 Å². The molecule has 0 amide bonds. The second-order valence-corrected chi connectivity index (χ2v) is 7.79. The van der Waals surface area contributed by atoms with Crippen molar-refractivity contribution < 1.29 is 31.1 Å². The summed E-state index contributed by atoms with van der Waals surface area (Å²) in [5.74, 6) is 0.0598. The number of halogens is 3. The summed E-state index contributed by atoms with van der Waals surface area (Å²) in [4.78, 5) is -0.514. The van der Waals surface area contributed by atoms with Crippen molar-refractivity contribution in [1.82, 2.24) is 4.72 Å². The van der Waals surface area contributed by atoms with Gasteiger partial charge in [0.25, 0.3) is 0 Å². The molecule has 2 aromatic rings. The fourth-order valence-corrected chi connectivity index (χ4v) is 3.76. The number of alkyl halides is 3. The smallest absolute Gasteiger partial charge is 0.416 e. The largest absolute Gasteiger partial charge is 0.466 e. The molecule has 3 rings (SSSR count). The molecule has 1 aromatic carbocycles. The molecule has 0 radical (unpaired) electrons. The quantitative estimate of drug-likeness (QED) is 0.814. The lowest BCUT2D eigenvalue weighted by Gasteiger charge is -2.26. The average Bonchev–Trinajstić information content (AvgIpc) is 3.27. The Bertz CT molecular complexity index is 845. The van der Waals surface area contributed by atoms with E-state index in [9.17, 15) is 26.7 Å². The molecule has 9 heteroatoms. The second-order valence-electron chi connectivity index (χ2n) is 6.03. The zero-order chi connectivity index (χ0) is 18.3. The van der Waals surface area contributed by atoms with Gasteiger partial charge in [-0.1, -0.05) is 6.07 Å². The van der Waals surface area contributed by atoms with Crippen LogP contribution in [0, 0.1) is 5.92 Å². The zero-order valence-corrected chi connectivity index (χ0v) is 13.8. The van der Waals surface area contributed by atoms with Crippen molar-refractivity contribution in [1.29, 1.82) is 0 Å². The van der Waals surface area contributed by atoms with Crippen LogP contribution in [-0.4, -0.2) is 20.1 Å². The van der Waals surface area contributed by atoms with Crippen LogP contribution in [0.2, 0.25) is 0 Å². The second kappa shape index (κ2) is 6.15. The van der Waals surface area contributed by atoms with E-state index in [0.717, 1.165) is 18.2 Å². The van der Waals surface area contributed by atoms with Crippen LogP contribution in [0.5, 0.6) is 0 Å². The molecule has 1 aliphatic rings. The standard InChI is InChI=1S/C16H16F3NO4S/c17-16(18,19)12-3-1-4-13(9-12)25(22,23)20-10-15(21,11-6-7-11)14-5-2-8-24-14/h1-5,8-9,11,20-21H,6-7,10H2. The molecular weight excluding hydrogens is 359 g/mol. The van der Waals surface area contributed by atoms with Crippen LogP contribution in [0.1, 0.15) is 24.2 Å². The molecule has 2 N–H and O–H groups in total. The van der Waals surface area contributed by atoms with E-state index in [1.807, 2.05) is 0 Å². The van der Waals surface area contributed by atoms with E-state index in [1.54, 1.807) is 6.07 Å². The van der Waals surface area contributed by atoms with Crippen LogP contribution >= 0.6 is 0 Å². The highest BCUT2D eigenvalue weighted by molar-refractivity contribution is 7.89. The maximum Gasteiger partial charge on any atom is 0.416 e. The van der Waals surface area contributed by atoms with Gasteiger partial charge < -0.3 is 9.52 Å². The fraction of sp³-hybridized carbons (Fsp3) is 0.375. The number of hydrogen-bond acceptors (Lipinski definition) is 4. The maximum atomic E-state index is 12.8. The van der Waals surface area contributed by atoms with Gasteiger partial charge >= 0.3 is 6.18 Å². The van der Waals surface area contributed by atoms with Gasteiger partial charge in [-0.2, -0.15) is 13.2 Å². The molecule has 1 aromatic heterocycles. The predicted molar refractivity (Wildman–Crippen MR) is 82.0 cm³/mol. The Balaban J connectivity index is 1.82. The van der Waals surface area contributed by atoms with E-state index in [-0.39, 0.29) is 18.2 Å². The van der Waals surface area contributed by atoms with Crippen molar-refractivity contribution in [3.8, 4) is 0 Å². The third-order valence-electron chi connectivity index (χ3n) is 4.20. The Labute approximate surface area is 142 Å². The minimum Gasteiger partial charge on any atom is -0.466 e. The first-order valence-electron chi connectivity index (χ1n) is 7.56. The third-order valence-corrected chi connectivity index (χ3v) is 5.60. The van der Waals surface area contributed by atoms with E-state index in [1.165, 1.54) is 12.3 Å². The summed E-state index contributed by atoms with van der Waals surface area (Å²) in [5.41, 5.74) is -2.59. The molecule has 1 saturated carbocycles. The SMILES string of the molecule is O=S(=O)(NCC(O)(c1ccco1)C1CC1)c1cccc(C(F)(F)F)c1. The highest BCUT2D eigenvalue weighted by Gasteiger charge is 2.47. The van der Waals surface area contributed by atoms with Crippen LogP contribution in [-0.2, 0) is 21.8 Å². The molecular formula is C16H16F3NO4S. The number of sulfonamides is 1. The lowest BCUT2D eigenvalue weighted by atomic mass is 9.95. The van der Waals surface area contributed by atoms with Gasteiger partial charge in [-0.3, -0.25) is 0 Å². The monoisotopic (exact) mass is 375 g/mol. The van der Waals surface area contributed by atoms with Crippen LogP contribution in [0.3, 0.4) is 0 Å². The summed E-state index contributed by atoms with van der Waals surface area (Å²) in [5, 5.41) is 10.8. The first kappa shape index (κ1) is 18.0. The Kier molecular flexibility index (Phi) is 4.42. The molecule has 0 spiro atoms. The summed E-state index contributed by atoms with van der Waals surface area (Å²) in [6, 6.07) is 6.56. The van der Waals surface area contributed by atoms with Crippen molar-refractivity contribution in [2.75, 3.05) is 6.54 Å². The first-order chi connectivity index (χ1) is 11.6. The number of aliphatic hydroxyl groups is 1. The van der Waals surface area contributed by atoms with Gasteiger partial charge in [0, 0.05) is 6.54 Å². The van der Waals surface area contributed by atoms with E-state index in [2.05, 4.69) is 4.72 Å². The van der Waals surface area contributed by atoms with E-state index in [0.29, 0.717) is 18.9 Å². The van der Waals surface area contributed by atoms with E-state index in [4.69, 9.17) is 4.42 Å². The van der Waals surface area contributed by atoms with Crippen molar-refractivity contribution >= 4 is 10.0 Å². The molecule has 0 saturated heterocycles. The van der Waals surface area contributed by atoms with Crippen LogP contribution in [0.25, 0.3) is 0 Å². The topological polar surface area (TPSA) is 79.5 Å². The summed E-state index contributed by atoms with van der Waals surface area (Å²) < 4.78 is 70.4. The number of hydrogen-bond donors (Lipinski definition) is 2. The minimum absolute atomic E-state index is 0.164. The Morgan fingerprint density at radius 1 is 1.20 bits per heavy atom. The summed E-state index contributed by atoms with van der Waals surface area (Å²) in [6.07, 6.45) is -1.86. The number of rotatable bonds is 6. The maximum absolute atomic E-state index is 12.8. The Morgan fingerprint density at radius 3 is 2.48 bits per heavy atom. The molecule has 1 aliphatic carbocycles. The van der Waals surface area contributed by atoms with Gasteiger partial charge in [0.15, 0.2) is 0 Å². The van der Waals surface area contributed by atoms with Gasteiger partial charge in [0.2, 0.25) is 10.0 Å². The number of furan rings is 1. The van der Waals surface area contributed by atoms with Crippen molar-refractivity contribution in [2.45, 2.75) is 29.5 Å². The highest BCUT2D eigenvalue weighted by Crippen LogP contribution is 2.45. The molecule has 1 fully saturated rings. The number of nitrogens with one attached hydrogen (secondary N) is 1. The molecule has 136 valence electrons. The lowest BCUT2D eigenvalue weighted by molar-refractivity contribution is -0.137. The van der Waals surface area contributed by atoms with Gasteiger partial charge in [0.05, 0.1) is 16.7 Å². The summed E-state index contributed by atoms with van der Waals surface area (Å²) >= 11 is 0. The highest BCUT2D eigenvalue weighted by atomic mass is 32.2. The lowest BCUT2D eigenvalue weighted by Crippen LogP contribution is -2.42. The van der Waals surface area contributed by atoms with Crippen LogP contribution < -0.4 is 4.72 Å². The van der Waals surface area contributed by atoms with E-state index < -0.39 is 32.3 Å². The molecule has 1 unspecified atom stereocenters. The van der Waals surface area contributed by atoms with E-state index >= 15 is 0 Å². The van der Waals surface area contributed by atoms with Crippen molar-refractivity contribution in [3.63, 3.8) is 0 Å². The molecule has 5 nitrogen and oxygen atoms in total. The molecule has 25 heavy (non-hydrogen) atoms. The summed E-state index contributed by atoms with van der Waals surface area (Å²) in [7, 11) is -4.22. The van der Waals surface area contributed by atoms with Crippen LogP contribution in [0.4, 0.5) is 13.2 Å². The van der Waals surface area contributed by atoms with Gasteiger partial charge in [-0.05, 0) is 49.1 Å². The molecule has 0 bridgehead atoms. The summed E-state index contributed by atoms with van der Waals surface area (Å²) in [6.45, 7) is -0.385. The Morgan fingerprint density at radius 2 is 1.92 bits per heavy atom. The molecule has 0 aliphatic heterocycles. The Hall–Kier alpha value is -1.84. The number of benzene rings is 1. The fourth-order valence-electron chi connectivity index (χ4n) is 2.65. The molecule has 1 heterocycles. The van der Waals surface area contributed by atoms with Gasteiger partial charge in [-0.25, -0.2) is 13.1 Å². The minimum atomic E-state index is -4.64. The van der Waals surface area contributed by atoms with Crippen LogP contribution in [0.15, 0.2) is 52.0 Å². The first-order valence-corrected chi connectivity index (χ1v) is 9.04. The normalized spacial score (nSPS) is 18.1. The predicted octanol–water partition coefficient (Wildman–Crippen LogP) is 2.87. The van der Waals surface area contributed by atoms with Crippen molar-refractivity contribution in [2.24, 2.45) is 5.92 Å². The van der Waals surface area contributed by atoms with Gasteiger partial charge in [0.1, 0.15) is 11.4 Å². The molecule has 1 atom stereocenters.